The fourth-order valence-corrected chi connectivity index (χ4v) is 2.46. The van der Waals surface area contributed by atoms with Gasteiger partial charge in [0.1, 0.15) is 5.60 Å². The molecule has 2 rings (SSSR count). The van der Waals surface area contributed by atoms with Crippen LogP contribution in [-0.2, 0) is 4.74 Å². The van der Waals surface area contributed by atoms with E-state index >= 15 is 0 Å². The second-order valence-corrected chi connectivity index (χ2v) is 5.56. The molecule has 0 radical (unpaired) electrons. The number of aromatic carboxylic acids is 1. The van der Waals surface area contributed by atoms with Gasteiger partial charge in [-0.05, 0) is 34.1 Å². The number of rotatable bonds is 4. The largest absolute Gasteiger partial charge is 0.478 e. The average molecular weight is 344 g/mol. The van der Waals surface area contributed by atoms with E-state index in [0.717, 1.165) is 0 Å². The molecule has 1 aromatic rings. The van der Waals surface area contributed by atoms with Gasteiger partial charge < -0.3 is 20.3 Å². The zero-order chi connectivity index (χ0) is 14.8. The molecule has 1 saturated heterocycles. The van der Waals surface area contributed by atoms with Gasteiger partial charge >= 0.3 is 5.97 Å². The maximum Gasteiger partial charge on any atom is 0.336 e. The molecule has 1 amide bonds. The van der Waals surface area contributed by atoms with E-state index in [4.69, 9.17) is 9.84 Å². The molecule has 0 aromatic heterocycles. The molecule has 1 heterocycles. The zero-order valence-corrected chi connectivity index (χ0v) is 12.1. The summed E-state index contributed by atoms with van der Waals surface area (Å²) in [6.45, 7) is 0.782. The molecule has 6 nitrogen and oxygen atoms in total. The molecule has 1 aromatic carbocycles. The molecule has 1 unspecified atom stereocenters. The second kappa shape index (κ2) is 5.90. The highest BCUT2D eigenvalue weighted by molar-refractivity contribution is 9.10. The fourth-order valence-electron chi connectivity index (χ4n) is 1.91. The van der Waals surface area contributed by atoms with Gasteiger partial charge in [0.15, 0.2) is 0 Å². The third-order valence-corrected chi connectivity index (χ3v) is 3.78. The lowest BCUT2D eigenvalue weighted by atomic mass is 10.0. The summed E-state index contributed by atoms with van der Waals surface area (Å²) in [5.41, 5.74) is -0.609. The predicted molar refractivity (Wildman–Crippen MR) is 73.8 cm³/mol. The van der Waals surface area contributed by atoms with E-state index in [1.807, 2.05) is 0 Å². The summed E-state index contributed by atoms with van der Waals surface area (Å²) in [4.78, 5) is 22.8. The predicted octanol–water partition coefficient (Wildman–Crippen LogP) is 1.03. The van der Waals surface area contributed by atoms with E-state index in [9.17, 15) is 14.7 Å². The van der Waals surface area contributed by atoms with E-state index in [2.05, 4.69) is 21.2 Å². The van der Waals surface area contributed by atoms with Crippen LogP contribution in [0.4, 0.5) is 0 Å². The van der Waals surface area contributed by atoms with Gasteiger partial charge in [0.2, 0.25) is 0 Å². The molecule has 0 bridgehead atoms. The van der Waals surface area contributed by atoms with Crippen LogP contribution in [0, 0.1) is 0 Å². The van der Waals surface area contributed by atoms with E-state index in [1.54, 1.807) is 0 Å². The number of hydrogen-bond donors (Lipinski definition) is 3. The molecule has 1 aliphatic heterocycles. The molecule has 0 spiro atoms. The van der Waals surface area contributed by atoms with Crippen molar-refractivity contribution in [1.82, 2.24) is 5.32 Å². The molecule has 3 N–H and O–H groups in total. The highest BCUT2D eigenvalue weighted by atomic mass is 79.9. The first kappa shape index (κ1) is 15.0. The van der Waals surface area contributed by atoms with Crippen LogP contribution < -0.4 is 5.32 Å². The van der Waals surface area contributed by atoms with Gasteiger partial charge in [0.25, 0.3) is 5.91 Å². The maximum absolute atomic E-state index is 11.9. The highest BCUT2D eigenvalue weighted by Crippen LogP contribution is 2.20. The number of carboxylic acid groups (broad SMARTS) is 1. The summed E-state index contributed by atoms with van der Waals surface area (Å²) in [6.07, 6.45) is 0.481. The number of benzene rings is 1. The van der Waals surface area contributed by atoms with Gasteiger partial charge in [-0.3, -0.25) is 4.79 Å². The molecular weight excluding hydrogens is 330 g/mol. The monoisotopic (exact) mass is 343 g/mol. The lowest BCUT2D eigenvalue weighted by Gasteiger charge is -2.20. The summed E-state index contributed by atoms with van der Waals surface area (Å²) in [5.74, 6) is -1.44. The van der Waals surface area contributed by atoms with Crippen molar-refractivity contribution in [2.75, 3.05) is 19.8 Å². The number of ether oxygens (including phenoxy) is 1. The summed E-state index contributed by atoms with van der Waals surface area (Å²) < 4.78 is 5.42. The first-order valence-corrected chi connectivity index (χ1v) is 6.82. The quantitative estimate of drug-likeness (QED) is 0.758. The molecule has 20 heavy (non-hydrogen) atoms. The fraction of sp³-hybridized carbons (Fsp3) is 0.385. The van der Waals surface area contributed by atoms with Crippen LogP contribution in [0.3, 0.4) is 0 Å². The first-order chi connectivity index (χ1) is 9.41. The first-order valence-electron chi connectivity index (χ1n) is 6.02. The standard InChI is InChI=1S/C13H14BrNO5/c14-10-5-8(1-2-9(10)12(17)18)11(16)15-6-13(19)3-4-20-7-13/h1-2,5,19H,3-4,6-7H2,(H,15,16)(H,17,18). The van der Waals surface area contributed by atoms with Gasteiger partial charge in [-0.1, -0.05) is 0 Å². The van der Waals surface area contributed by atoms with Crippen molar-refractivity contribution < 1.29 is 24.5 Å². The van der Waals surface area contributed by atoms with Crippen molar-refractivity contribution in [3.05, 3.63) is 33.8 Å². The van der Waals surface area contributed by atoms with Crippen molar-refractivity contribution in [3.8, 4) is 0 Å². The van der Waals surface area contributed by atoms with Crippen LogP contribution in [0.15, 0.2) is 22.7 Å². The number of carboxylic acids is 1. The molecule has 0 saturated carbocycles. The maximum atomic E-state index is 11.9. The van der Waals surface area contributed by atoms with Crippen LogP contribution in [0.25, 0.3) is 0 Å². The Labute approximate surface area is 123 Å². The van der Waals surface area contributed by atoms with Crippen molar-refractivity contribution in [2.24, 2.45) is 0 Å². The van der Waals surface area contributed by atoms with Crippen LogP contribution in [0.1, 0.15) is 27.1 Å². The Morgan fingerprint density at radius 3 is 2.75 bits per heavy atom. The van der Waals surface area contributed by atoms with Crippen molar-refractivity contribution in [2.45, 2.75) is 12.0 Å². The lowest BCUT2D eigenvalue weighted by molar-refractivity contribution is 0.0264. The van der Waals surface area contributed by atoms with E-state index in [-0.39, 0.29) is 24.6 Å². The van der Waals surface area contributed by atoms with Crippen LogP contribution in [0.5, 0.6) is 0 Å². The van der Waals surface area contributed by atoms with Gasteiger partial charge in [-0.25, -0.2) is 4.79 Å². The molecule has 1 aliphatic rings. The molecule has 0 aliphatic carbocycles. The zero-order valence-electron chi connectivity index (χ0n) is 10.6. The van der Waals surface area contributed by atoms with Crippen molar-refractivity contribution >= 4 is 27.8 Å². The molecule has 108 valence electrons. The normalized spacial score (nSPS) is 21.7. The number of amides is 1. The van der Waals surface area contributed by atoms with E-state index < -0.39 is 11.6 Å². The van der Waals surface area contributed by atoms with Crippen LogP contribution >= 0.6 is 15.9 Å². The average Bonchev–Trinajstić information content (AvgIpc) is 2.83. The Morgan fingerprint density at radius 2 is 2.20 bits per heavy atom. The van der Waals surface area contributed by atoms with Crippen LogP contribution in [0.2, 0.25) is 0 Å². The minimum atomic E-state index is -1.07. The van der Waals surface area contributed by atoms with E-state index in [0.29, 0.717) is 23.1 Å². The number of hydrogen-bond acceptors (Lipinski definition) is 4. The summed E-state index contributed by atoms with van der Waals surface area (Å²) in [6, 6.07) is 4.22. The molecular formula is C13H14BrNO5. The van der Waals surface area contributed by atoms with E-state index in [1.165, 1.54) is 18.2 Å². The number of aliphatic hydroxyl groups is 1. The van der Waals surface area contributed by atoms with Gasteiger partial charge in [-0.2, -0.15) is 0 Å². The Hall–Kier alpha value is -1.44. The molecule has 1 atom stereocenters. The minimum absolute atomic E-state index is 0.0874. The van der Waals surface area contributed by atoms with Crippen molar-refractivity contribution in [1.29, 1.82) is 0 Å². The number of carbonyl (C=O) groups is 2. The smallest absolute Gasteiger partial charge is 0.336 e. The van der Waals surface area contributed by atoms with Gasteiger partial charge in [-0.15, -0.1) is 0 Å². The van der Waals surface area contributed by atoms with Gasteiger partial charge in [0, 0.05) is 29.6 Å². The molecule has 1 fully saturated rings. The third-order valence-electron chi connectivity index (χ3n) is 3.12. The summed E-state index contributed by atoms with van der Waals surface area (Å²) in [7, 11) is 0. The van der Waals surface area contributed by atoms with Crippen molar-refractivity contribution in [3.63, 3.8) is 0 Å². The Kier molecular flexibility index (Phi) is 4.42. The Balaban J connectivity index is 2.02. The third kappa shape index (κ3) is 3.36. The molecule has 7 heteroatoms. The number of nitrogens with one attached hydrogen (secondary N) is 1. The highest BCUT2D eigenvalue weighted by Gasteiger charge is 2.32. The number of halogens is 1. The Bertz CT molecular complexity index is 540. The van der Waals surface area contributed by atoms with Crippen LogP contribution in [-0.4, -0.2) is 47.4 Å². The SMILES string of the molecule is O=C(NCC1(O)CCOC1)c1ccc(C(=O)O)c(Br)c1. The summed E-state index contributed by atoms with van der Waals surface area (Å²) >= 11 is 3.11. The summed E-state index contributed by atoms with van der Waals surface area (Å²) in [5, 5.41) is 21.6. The minimum Gasteiger partial charge on any atom is -0.478 e. The van der Waals surface area contributed by atoms with Gasteiger partial charge in [0.05, 0.1) is 12.2 Å². The lowest BCUT2D eigenvalue weighted by Crippen LogP contribution is -2.43. The number of carbonyl (C=O) groups excluding carboxylic acids is 1. The second-order valence-electron chi connectivity index (χ2n) is 4.71. The topological polar surface area (TPSA) is 95.9 Å². The Morgan fingerprint density at radius 1 is 1.45 bits per heavy atom.